The van der Waals surface area contributed by atoms with Crippen LogP contribution < -0.4 is 5.32 Å². The number of Topliss-reactive ketones (excluding diaryl/α,β-unsaturated/α-hetero) is 1. The van der Waals surface area contributed by atoms with Gasteiger partial charge in [-0.3, -0.25) is 19.2 Å². The van der Waals surface area contributed by atoms with Crippen LogP contribution in [-0.2, 0) is 28.6 Å². The molecule has 0 aromatic heterocycles. The summed E-state index contributed by atoms with van der Waals surface area (Å²) in [4.78, 5) is 54.1. The first-order valence-corrected chi connectivity index (χ1v) is 16.7. The normalized spacial score (nSPS) is 34.3. The highest BCUT2D eigenvalue weighted by molar-refractivity contribution is 5.95. The number of rotatable bonds is 7. The smallest absolute Gasteiger partial charge is 0.308 e. The van der Waals surface area contributed by atoms with Crippen molar-refractivity contribution in [3.63, 3.8) is 0 Å². The number of benzene rings is 2. The Morgan fingerprint density at radius 1 is 1.00 bits per heavy atom. The van der Waals surface area contributed by atoms with Gasteiger partial charge in [-0.25, -0.2) is 0 Å². The van der Waals surface area contributed by atoms with Gasteiger partial charge in [-0.1, -0.05) is 62.4 Å². The van der Waals surface area contributed by atoms with Crippen LogP contribution in [0.15, 0.2) is 71.8 Å². The van der Waals surface area contributed by atoms with Crippen molar-refractivity contribution < 1.29 is 43.6 Å². The number of carbonyl (C=O) groups is 4. The minimum atomic E-state index is -1.50. The van der Waals surface area contributed by atoms with E-state index in [2.05, 4.69) is 5.32 Å². The number of aliphatic hydroxyl groups excluding tert-OH is 1. The minimum absolute atomic E-state index is 0.0371. The average Bonchev–Trinajstić information content (AvgIpc) is 3.03. The number of esters is 2. The van der Waals surface area contributed by atoms with Gasteiger partial charge in [0.25, 0.3) is 5.91 Å². The molecule has 256 valence electrons. The summed E-state index contributed by atoms with van der Waals surface area (Å²) >= 11 is 0. The lowest BCUT2D eigenvalue weighted by molar-refractivity contribution is -0.244. The largest absolute Gasteiger partial charge is 0.458 e. The maximum absolute atomic E-state index is 14.6. The Morgan fingerprint density at radius 3 is 2.25 bits per heavy atom. The highest BCUT2D eigenvalue weighted by atomic mass is 16.6. The van der Waals surface area contributed by atoms with Crippen LogP contribution in [0.1, 0.15) is 82.3 Å². The zero-order chi connectivity index (χ0) is 34.6. The van der Waals surface area contributed by atoms with Crippen LogP contribution >= 0.6 is 0 Å². The number of carbonyl (C=O) groups excluding carboxylic acids is 4. The number of hydrogen-bond donors (Lipinski definition) is 3. The fraction of sp³-hybridized carbons (Fsp3) is 0.526. The van der Waals surface area contributed by atoms with E-state index in [-0.39, 0.29) is 43.6 Å². The lowest BCUT2D eigenvalue weighted by Crippen LogP contribution is -2.69. The summed E-state index contributed by atoms with van der Waals surface area (Å²) in [6.07, 6.45) is -3.35. The lowest BCUT2D eigenvalue weighted by Gasteiger charge is -2.62. The summed E-state index contributed by atoms with van der Waals surface area (Å²) < 4.78 is 17.7. The predicted molar refractivity (Wildman–Crippen MR) is 174 cm³/mol. The van der Waals surface area contributed by atoms with Gasteiger partial charge in [-0.2, -0.15) is 0 Å². The van der Waals surface area contributed by atoms with Crippen molar-refractivity contribution >= 4 is 23.6 Å². The van der Waals surface area contributed by atoms with Crippen molar-refractivity contribution in [2.75, 3.05) is 6.61 Å². The van der Waals surface area contributed by atoms with Gasteiger partial charge in [0, 0.05) is 36.7 Å². The molecule has 0 spiro atoms. The molecular formula is C38H45NO9. The number of fused-ring (bicyclic) bond motifs is 5. The second-order valence-electron chi connectivity index (χ2n) is 14.7. The molecule has 2 aromatic rings. The molecular weight excluding hydrogens is 614 g/mol. The van der Waals surface area contributed by atoms with E-state index >= 15 is 0 Å². The summed E-state index contributed by atoms with van der Waals surface area (Å²) in [5.74, 6) is -2.60. The SMILES string of the molecule is CC(=O)O[C@H]1C(=O)[C@@]2(C)[C@H](C[C@]3(O)C[C@H](OC(=O)C[C@@H](NC(=O)c4ccccc4)c4ccccc4)C(C)=C1C3(C)C)[C@@H]1CO[C@@H]1C[C@@H]2O. The molecule has 3 N–H and O–H groups in total. The molecule has 10 nitrogen and oxygen atoms in total. The van der Waals surface area contributed by atoms with Gasteiger partial charge in [-0.15, -0.1) is 0 Å². The summed E-state index contributed by atoms with van der Waals surface area (Å²) in [5.41, 5.74) is -1.81. The van der Waals surface area contributed by atoms with Crippen LogP contribution in [0, 0.1) is 22.7 Å². The Kier molecular flexibility index (Phi) is 8.89. The van der Waals surface area contributed by atoms with E-state index in [4.69, 9.17) is 14.2 Å². The van der Waals surface area contributed by atoms with Gasteiger partial charge in [0.05, 0.1) is 42.3 Å². The fourth-order valence-electron chi connectivity index (χ4n) is 8.66. The molecule has 0 unspecified atom stereocenters. The Labute approximate surface area is 280 Å². The topological polar surface area (TPSA) is 148 Å². The molecule has 6 rings (SSSR count). The summed E-state index contributed by atoms with van der Waals surface area (Å²) in [7, 11) is 0. The third-order valence-electron chi connectivity index (χ3n) is 11.7. The molecule has 2 aromatic carbocycles. The molecule has 1 amide bonds. The molecule has 1 aliphatic heterocycles. The van der Waals surface area contributed by atoms with Crippen molar-refractivity contribution in [1.29, 1.82) is 0 Å². The lowest BCUT2D eigenvalue weighted by atomic mass is 9.47. The molecule has 2 bridgehead atoms. The predicted octanol–water partition coefficient (Wildman–Crippen LogP) is 4.24. The van der Waals surface area contributed by atoms with Gasteiger partial charge in [-0.05, 0) is 55.0 Å². The molecule has 3 fully saturated rings. The Bertz CT molecular complexity index is 1620. The van der Waals surface area contributed by atoms with Crippen molar-refractivity contribution in [3.05, 3.63) is 82.9 Å². The number of amides is 1. The van der Waals surface area contributed by atoms with Crippen LogP contribution in [0.2, 0.25) is 0 Å². The van der Waals surface area contributed by atoms with E-state index in [9.17, 15) is 29.4 Å². The number of ether oxygens (including phenoxy) is 3. The monoisotopic (exact) mass is 659 g/mol. The third kappa shape index (κ3) is 5.67. The van der Waals surface area contributed by atoms with Gasteiger partial charge in [0.2, 0.25) is 0 Å². The molecule has 3 aliphatic carbocycles. The molecule has 48 heavy (non-hydrogen) atoms. The zero-order valence-corrected chi connectivity index (χ0v) is 28.1. The van der Waals surface area contributed by atoms with Crippen molar-refractivity contribution in [2.24, 2.45) is 22.7 Å². The standard InChI is InChI=1S/C38H45NO9/c1-21-29(48-31(42)16-27(23-12-8-6-9-13-23)39-35(44)24-14-10-7-11-15-24)19-38(45)18-26-25-20-46-28(25)17-30(41)37(26,5)34(43)33(47-22(2)40)32(21)36(38,3)4/h6-15,25-30,33,41,45H,16-20H2,1-5H3,(H,39,44)/t25-,26+,27+,28+,29-,30-,33+,37-,38-/m0/s1. The van der Waals surface area contributed by atoms with Crippen LogP contribution in [0.4, 0.5) is 0 Å². The van der Waals surface area contributed by atoms with E-state index in [0.717, 1.165) is 5.56 Å². The van der Waals surface area contributed by atoms with Crippen LogP contribution in [0.25, 0.3) is 0 Å². The second kappa shape index (κ2) is 12.5. The van der Waals surface area contributed by atoms with Gasteiger partial charge in [0.15, 0.2) is 11.9 Å². The first-order valence-electron chi connectivity index (χ1n) is 16.7. The van der Waals surface area contributed by atoms with Gasteiger partial charge in [0.1, 0.15) is 6.10 Å². The maximum atomic E-state index is 14.6. The van der Waals surface area contributed by atoms with E-state index in [1.165, 1.54) is 6.92 Å². The summed E-state index contributed by atoms with van der Waals surface area (Å²) in [6.45, 7) is 8.73. The van der Waals surface area contributed by atoms with Crippen molar-refractivity contribution in [2.45, 2.75) is 96.4 Å². The summed E-state index contributed by atoms with van der Waals surface area (Å²) in [6, 6.07) is 17.1. The van der Waals surface area contributed by atoms with E-state index in [0.29, 0.717) is 23.3 Å². The average molecular weight is 660 g/mol. The number of hydrogen-bond acceptors (Lipinski definition) is 9. The van der Waals surface area contributed by atoms with E-state index < -0.39 is 64.4 Å². The third-order valence-corrected chi connectivity index (χ3v) is 11.7. The van der Waals surface area contributed by atoms with Gasteiger partial charge >= 0.3 is 11.9 Å². The van der Waals surface area contributed by atoms with Gasteiger partial charge < -0.3 is 29.7 Å². The first kappa shape index (κ1) is 34.0. The molecule has 10 heteroatoms. The molecule has 4 aliphatic rings. The fourth-order valence-corrected chi connectivity index (χ4v) is 8.66. The van der Waals surface area contributed by atoms with Crippen molar-refractivity contribution in [1.82, 2.24) is 5.32 Å². The number of ketones is 1. The number of aliphatic hydroxyl groups is 2. The van der Waals surface area contributed by atoms with Crippen LogP contribution in [-0.4, -0.2) is 70.5 Å². The highest BCUT2D eigenvalue weighted by Gasteiger charge is 2.67. The molecule has 0 radical (unpaired) electrons. The van der Waals surface area contributed by atoms with Crippen molar-refractivity contribution in [3.8, 4) is 0 Å². The summed E-state index contributed by atoms with van der Waals surface area (Å²) in [5, 5.41) is 27.1. The minimum Gasteiger partial charge on any atom is -0.458 e. The van der Waals surface area contributed by atoms with Crippen LogP contribution in [0.3, 0.4) is 0 Å². The van der Waals surface area contributed by atoms with E-state index in [1.807, 2.05) is 50.2 Å². The molecule has 2 saturated carbocycles. The molecule has 1 heterocycles. The first-order chi connectivity index (χ1) is 22.7. The molecule has 1 saturated heterocycles. The zero-order valence-electron chi connectivity index (χ0n) is 28.1. The Hall–Kier alpha value is -3.86. The number of nitrogens with one attached hydrogen (secondary N) is 1. The van der Waals surface area contributed by atoms with E-state index in [1.54, 1.807) is 38.1 Å². The Morgan fingerprint density at radius 2 is 1.65 bits per heavy atom. The Balaban J connectivity index is 1.35. The second-order valence-corrected chi connectivity index (χ2v) is 14.7. The highest BCUT2D eigenvalue weighted by Crippen LogP contribution is 2.61. The molecule has 9 atom stereocenters. The van der Waals surface area contributed by atoms with Crippen LogP contribution in [0.5, 0.6) is 0 Å². The quantitative estimate of drug-likeness (QED) is 0.293. The maximum Gasteiger partial charge on any atom is 0.308 e.